The number of hydrogen-bond acceptors (Lipinski definition) is 0. The van der Waals surface area contributed by atoms with Crippen LogP contribution in [0.2, 0.25) is 0 Å². The monoisotopic (exact) mass is 254 g/mol. The molecule has 0 nitrogen and oxygen atoms in total. The molecule has 18 heavy (non-hydrogen) atoms. The van der Waals surface area contributed by atoms with E-state index in [1.54, 1.807) is 0 Å². The van der Waals surface area contributed by atoms with Gasteiger partial charge in [0, 0.05) is 6.07 Å². The second kappa shape index (κ2) is 4.99. The van der Waals surface area contributed by atoms with Gasteiger partial charge in [-0.15, -0.1) is 0 Å². The fourth-order valence-corrected chi connectivity index (χ4v) is 2.31. The Kier molecular flexibility index (Phi) is 4.19. The summed E-state index contributed by atoms with van der Waals surface area (Å²) in [7, 11) is 0. The van der Waals surface area contributed by atoms with Crippen molar-refractivity contribution in [2.24, 2.45) is 10.8 Å². The average Bonchev–Trinajstić information content (AvgIpc) is 2.09. The third-order valence-corrected chi connectivity index (χ3v) is 3.15. The SMILES string of the molecule is CC(C)(C)CC(c1cc(F)cc(F)c1)C(C)(C)C. The maximum atomic E-state index is 13.4. The maximum absolute atomic E-state index is 13.4. The fourth-order valence-electron chi connectivity index (χ4n) is 2.31. The van der Waals surface area contributed by atoms with Gasteiger partial charge in [0.25, 0.3) is 0 Å². The molecule has 1 aromatic carbocycles. The molecule has 0 saturated heterocycles. The van der Waals surface area contributed by atoms with Crippen LogP contribution in [-0.4, -0.2) is 0 Å². The molecule has 1 aromatic rings. The van der Waals surface area contributed by atoms with Crippen LogP contribution in [0.4, 0.5) is 8.78 Å². The van der Waals surface area contributed by atoms with Crippen molar-refractivity contribution in [1.29, 1.82) is 0 Å². The van der Waals surface area contributed by atoms with Crippen LogP contribution in [0.5, 0.6) is 0 Å². The number of halogens is 2. The maximum Gasteiger partial charge on any atom is 0.126 e. The van der Waals surface area contributed by atoms with Crippen molar-refractivity contribution in [3.05, 3.63) is 35.4 Å². The minimum atomic E-state index is -0.492. The van der Waals surface area contributed by atoms with E-state index in [-0.39, 0.29) is 16.7 Å². The zero-order valence-electron chi connectivity index (χ0n) is 12.3. The average molecular weight is 254 g/mol. The molecule has 102 valence electrons. The Labute approximate surface area is 109 Å². The zero-order valence-corrected chi connectivity index (χ0v) is 12.3. The number of hydrogen-bond donors (Lipinski definition) is 0. The van der Waals surface area contributed by atoms with E-state index < -0.39 is 11.6 Å². The Morgan fingerprint density at radius 1 is 0.889 bits per heavy atom. The minimum absolute atomic E-state index is 0.0203. The molecule has 0 spiro atoms. The molecule has 0 fully saturated rings. The van der Waals surface area contributed by atoms with Crippen molar-refractivity contribution >= 4 is 0 Å². The lowest BCUT2D eigenvalue weighted by Crippen LogP contribution is -2.24. The first-order valence-corrected chi connectivity index (χ1v) is 6.45. The second-order valence-corrected chi connectivity index (χ2v) is 7.39. The van der Waals surface area contributed by atoms with Crippen LogP contribution in [-0.2, 0) is 0 Å². The van der Waals surface area contributed by atoms with Gasteiger partial charge in [-0.3, -0.25) is 0 Å². The topological polar surface area (TPSA) is 0 Å². The van der Waals surface area contributed by atoms with Crippen LogP contribution in [0.1, 0.15) is 59.4 Å². The van der Waals surface area contributed by atoms with E-state index in [1.165, 1.54) is 12.1 Å². The van der Waals surface area contributed by atoms with Crippen LogP contribution in [0, 0.1) is 22.5 Å². The van der Waals surface area contributed by atoms with E-state index in [2.05, 4.69) is 41.5 Å². The van der Waals surface area contributed by atoms with Gasteiger partial charge in [0.15, 0.2) is 0 Å². The van der Waals surface area contributed by atoms with Crippen molar-refractivity contribution < 1.29 is 8.78 Å². The predicted molar refractivity (Wildman–Crippen MR) is 72.6 cm³/mol. The Morgan fingerprint density at radius 2 is 1.33 bits per heavy atom. The zero-order chi connectivity index (χ0) is 14.1. The van der Waals surface area contributed by atoms with Gasteiger partial charge in [0.1, 0.15) is 11.6 Å². The van der Waals surface area contributed by atoms with Crippen LogP contribution in [0.25, 0.3) is 0 Å². The highest BCUT2D eigenvalue weighted by Crippen LogP contribution is 2.43. The van der Waals surface area contributed by atoms with Gasteiger partial charge in [0.2, 0.25) is 0 Å². The van der Waals surface area contributed by atoms with Crippen LogP contribution < -0.4 is 0 Å². The molecule has 0 aromatic heterocycles. The highest BCUT2D eigenvalue weighted by atomic mass is 19.1. The third kappa shape index (κ3) is 4.40. The van der Waals surface area contributed by atoms with Crippen LogP contribution in [0.15, 0.2) is 18.2 Å². The summed E-state index contributed by atoms with van der Waals surface area (Å²) in [6, 6.07) is 3.86. The highest BCUT2D eigenvalue weighted by Gasteiger charge is 2.30. The summed E-state index contributed by atoms with van der Waals surface area (Å²) in [5.74, 6) is -0.844. The van der Waals surface area contributed by atoms with Gasteiger partial charge >= 0.3 is 0 Å². The molecule has 0 heterocycles. The van der Waals surface area contributed by atoms with Gasteiger partial charge in [-0.25, -0.2) is 8.78 Å². The molecule has 1 rings (SSSR count). The minimum Gasteiger partial charge on any atom is -0.207 e. The molecule has 1 atom stereocenters. The first-order valence-electron chi connectivity index (χ1n) is 6.45. The Bertz CT molecular complexity index is 388. The normalized spacial score (nSPS) is 14.7. The molecule has 0 aliphatic heterocycles. The highest BCUT2D eigenvalue weighted by molar-refractivity contribution is 5.24. The fraction of sp³-hybridized carbons (Fsp3) is 0.625. The van der Waals surface area contributed by atoms with Crippen molar-refractivity contribution in [3.8, 4) is 0 Å². The predicted octanol–water partition coefficient (Wildman–Crippen LogP) is 5.53. The lowest BCUT2D eigenvalue weighted by Gasteiger charge is -2.36. The van der Waals surface area contributed by atoms with E-state index in [9.17, 15) is 8.78 Å². The molecular formula is C16H24F2. The van der Waals surface area contributed by atoms with Crippen LogP contribution >= 0.6 is 0 Å². The van der Waals surface area contributed by atoms with E-state index in [0.29, 0.717) is 0 Å². The molecule has 0 aliphatic carbocycles. The van der Waals surface area contributed by atoms with Crippen LogP contribution in [0.3, 0.4) is 0 Å². The number of rotatable bonds is 2. The summed E-state index contributed by atoms with van der Waals surface area (Å²) in [5, 5.41) is 0. The summed E-state index contributed by atoms with van der Waals surface area (Å²) in [6.07, 6.45) is 0.902. The summed E-state index contributed by atoms with van der Waals surface area (Å²) in [4.78, 5) is 0. The second-order valence-electron chi connectivity index (χ2n) is 7.39. The smallest absolute Gasteiger partial charge is 0.126 e. The number of benzene rings is 1. The Morgan fingerprint density at radius 3 is 1.67 bits per heavy atom. The first-order chi connectivity index (χ1) is 7.99. The van der Waals surface area contributed by atoms with Gasteiger partial charge in [-0.2, -0.15) is 0 Å². The lowest BCUT2D eigenvalue weighted by atomic mass is 9.69. The van der Waals surface area contributed by atoms with Gasteiger partial charge in [0.05, 0.1) is 0 Å². The lowest BCUT2D eigenvalue weighted by molar-refractivity contribution is 0.228. The van der Waals surface area contributed by atoms with Crippen molar-refractivity contribution in [2.45, 2.75) is 53.9 Å². The van der Waals surface area contributed by atoms with Crippen molar-refractivity contribution in [2.75, 3.05) is 0 Å². The largest absolute Gasteiger partial charge is 0.207 e. The Balaban J connectivity index is 3.18. The molecule has 0 amide bonds. The quantitative estimate of drug-likeness (QED) is 0.651. The van der Waals surface area contributed by atoms with E-state index in [4.69, 9.17) is 0 Å². The van der Waals surface area contributed by atoms with Crippen molar-refractivity contribution in [1.82, 2.24) is 0 Å². The molecule has 2 heteroatoms. The molecule has 0 saturated carbocycles. The molecule has 0 bridgehead atoms. The molecule has 0 N–H and O–H groups in total. The summed E-state index contributed by atoms with van der Waals surface area (Å²) < 4.78 is 26.7. The Hall–Kier alpha value is -0.920. The van der Waals surface area contributed by atoms with E-state index in [1.807, 2.05) is 0 Å². The molecule has 0 radical (unpaired) electrons. The van der Waals surface area contributed by atoms with Crippen molar-refractivity contribution in [3.63, 3.8) is 0 Å². The third-order valence-electron chi connectivity index (χ3n) is 3.15. The van der Waals surface area contributed by atoms with Gasteiger partial charge < -0.3 is 0 Å². The van der Waals surface area contributed by atoms with E-state index in [0.717, 1.165) is 18.1 Å². The summed E-state index contributed by atoms with van der Waals surface area (Å²) in [5.41, 5.74) is 0.865. The summed E-state index contributed by atoms with van der Waals surface area (Å²) in [6.45, 7) is 12.8. The standard InChI is InChI=1S/C16H24F2/c1-15(2,3)10-14(16(4,5)6)11-7-12(17)9-13(18)8-11/h7-9,14H,10H2,1-6H3. The first kappa shape index (κ1) is 15.1. The van der Waals surface area contributed by atoms with E-state index >= 15 is 0 Å². The molecule has 1 unspecified atom stereocenters. The summed E-state index contributed by atoms with van der Waals surface area (Å²) >= 11 is 0. The molecule has 0 aliphatic rings. The molecular weight excluding hydrogens is 230 g/mol. The van der Waals surface area contributed by atoms with Gasteiger partial charge in [-0.05, 0) is 40.9 Å². The van der Waals surface area contributed by atoms with Gasteiger partial charge in [-0.1, -0.05) is 41.5 Å².